The number of hydrogen-bond donors (Lipinski definition) is 9. The average Bonchev–Trinajstić information content (AvgIpc) is 3.30. The lowest BCUT2D eigenvalue weighted by Crippen LogP contribution is -2.58. The second-order valence-electron chi connectivity index (χ2n) is 7.46. The number of aromatic nitrogens is 2. The summed E-state index contributed by atoms with van der Waals surface area (Å²) in [5.41, 5.74) is 6.06. The molecular formula is C19H28N6O9S. The van der Waals surface area contributed by atoms with Crippen LogP contribution in [0.3, 0.4) is 0 Å². The van der Waals surface area contributed by atoms with E-state index in [2.05, 4.69) is 38.5 Å². The second-order valence-corrected chi connectivity index (χ2v) is 7.82. The summed E-state index contributed by atoms with van der Waals surface area (Å²) in [5, 5.41) is 33.7. The Morgan fingerprint density at radius 3 is 1.94 bits per heavy atom. The third-order valence-electron chi connectivity index (χ3n) is 4.69. The van der Waals surface area contributed by atoms with Crippen molar-refractivity contribution in [3.05, 3.63) is 18.2 Å². The molecule has 194 valence electrons. The molecule has 0 radical (unpaired) electrons. The molecule has 4 unspecified atom stereocenters. The Balaban J connectivity index is 2.92. The van der Waals surface area contributed by atoms with E-state index >= 15 is 0 Å². The van der Waals surface area contributed by atoms with Crippen molar-refractivity contribution in [3.63, 3.8) is 0 Å². The predicted molar refractivity (Wildman–Crippen MR) is 121 cm³/mol. The van der Waals surface area contributed by atoms with Gasteiger partial charge >= 0.3 is 17.9 Å². The Morgan fingerprint density at radius 1 is 0.886 bits per heavy atom. The van der Waals surface area contributed by atoms with Gasteiger partial charge in [0.2, 0.25) is 17.7 Å². The van der Waals surface area contributed by atoms with Gasteiger partial charge in [-0.05, 0) is 12.8 Å². The van der Waals surface area contributed by atoms with Gasteiger partial charge in [-0.25, -0.2) is 9.78 Å². The molecular weight excluding hydrogens is 488 g/mol. The van der Waals surface area contributed by atoms with Gasteiger partial charge in [-0.1, -0.05) is 0 Å². The lowest BCUT2D eigenvalue weighted by molar-refractivity contribution is -0.143. The van der Waals surface area contributed by atoms with E-state index in [0.29, 0.717) is 5.69 Å². The summed E-state index contributed by atoms with van der Waals surface area (Å²) in [5.74, 6) is -6.59. The van der Waals surface area contributed by atoms with Gasteiger partial charge in [0.25, 0.3) is 0 Å². The Hall–Kier alpha value is -3.66. The van der Waals surface area contributed by atoms with Gasteiger partial charge < -0.3 is 42.0 Å². The fraction of sp³-hybridized carbons (Fsp3) is 0.526. The first-order chi connectivity index (χ1) is 16.4. The Labute approximate surface area is 204 Å². The normalized spacial score (nSPS) is 14.1. The molecule has 1 rings (SSSR count). The van der Waals surface area contributed by atoms with Crippen LogP contribution in [0.25, 0.3) is 0 Å². The zero-order valence-corrected chi connectivity index (χ0v) is 19.4. The standard InChI is InChI=1S/C19H28N6O9S/c20-10(1-3-14(26)27)16(30)25-13(7-35)18(32)24-12(5-9-6-21-8-22-9)17(31)23-11(19(33)34)2-4-15(28)29/h6,8,10-13,35H,1-5,7,20H2,(H,21,22)(H,23,31)(H,24,32)(H,25,30)(H,26,27)(H,28,29)(H,33,34). The number of hydrogen-bond acceptors (Lipinski definition) is 9. The zero-order chi connectivity index (χ0) is 26.5. The number of amides is 3. The van der Waals surface area contributed by atoms with Gasteiger partial charge in [0, 0.05) is 36.9 Å². The van der Waals surface area contributed by atoms with E-state index < -0.39 is 66.2 Å². The number of imidazole rings is 1. The molecule has 0 aliphatic rings. The minimum atomic E-state index is -1.52. The van der Waals surface area contributed by atoms with Crippen LogP contribution in [0.15, 0.2) is 12.5 Å². The van der Waals surface area contributed by atoms with E-state index in [1.54, 1.807) is 0 Å². The van der Waals surface area contributed by atoms with Crippen LogP contribution in [0, 0.1) is 0 Å². The number of thiol groups is 1. The minimum absolute atomic E-state index is 0.131. The van der Waals surface area contributed by atoms with Crippen molar-refractivity contribution in [1.29, 1.82) is 0 Å². The van der Waals surface area contributed by atoms with Gasteiger partial charge in [-0.15, -0.1) is 0 Å². The van der Waals surface area contributed by atoms with Crippen molar-refractivity contribution in [3.8, 4) is 0 Å². The van der Waals surface area contributed by atoms with E-state index in [4.69, 9.17) is 15.9 Å². The summed E-state index contributed by atoms with van der Waals surface area (Å²) in [4.78, 5) is 77.2. The molecule has 1 aromatic rings. The highest BCUT2D eigenvalue weighted by Crippen LogP contribution is 2.04. The number of carboxylic acids is 3. The highest BCUT2D eigenvalue weighted by Gasteiger charge is 2.30. The Kier molecular flexibility index (Phi) is 12.2. The third-order valence-corrected chi connectivity index (χ3v) is 5.06. The fourth-order valence-electron chi connectivity index (χ4n) is 2.78. The number of H-pyrrole nitrogens is 1. The van der Waals surface area contributed by atoms with Crippen LogP contribution < -0.4 is 21.7 Å². The lowest BCUT2D eigenvalue weighted by Gasteiger charge is -2.24. The van der Waals surface area contributed by atoms with E-state index in [9.17, 15) is 33.9 Å². The molecule has 15 nitrogen and oxygen atoms in total. The molecule has 4 atom stereocenters. The molecule has 1 heterocycles. The fourth-order valence-corrected chi connectivity index (χ4v) is 3.04. The number of carbonyl (C=O) groups is 6. The van der Waals surface area contributed by atoms with E-state index in [1.165, 1.54) is 12.5 Å². The molecule has 0 aliphatic heterocycles. The first-order valence-electron chi connectivity index (χ1n) is 10.4. The number of nitrogens with one attached hydrogen (secondary N) is 4. The molecule has 0 fully saturated rings. The number of carbonyl (C=O) groups excluding carboxylic acids is 3. The molecule has 0 spiro atoms. The largest absolute Gasteiger partial charge is 0.481 e. The second kappa shape index (κ2) is 14.6. The molecule has 0 aliphatic carbocycles. The Bertz CT molecular complexity index is 911. The van der Waals surface area contributed by atoms with Crippen molar-refractivity contribution >= 4 is 48.3 Å². The first kappa shape index (κ1) is 29.4. The van der Waals surface area contributed by atoms with E-state index in [0.717, 1.165) is 0 Å². The summed E-state index contributed by atoms with van der Waals surface area (Å²) in [6, 6.07) is -5.29. The molecule has 0 aromatic carbocycles. The van der Waals surface area contributed by atoms with Gasteiger partial charge in [-0.2, -0.15) is 12.6 Å². The van der Waals surface area contributed by atoms with Crippen molar-refractivity contribution in [2.45, 2.75) is 56.3 Å². The maximum atomic E-state index is 12.8. The summed E-state index contributed by atoms with van der Waals surface area (Å²) in [6.07, 6.45) is 1.16. The molecule has 0 bridgehead atoms. The van der Waals surface area contributed by atoms with Crippen molar-refractivity contribution in [2.75, 3.05) is 5.75 Å². The van der Waals surface area contributed by atoms with Crippen LogP contribution in [-0.4, -0.2) is 90.8 Å². The van der Waals surface area contributed by atoms with Crippen LogP contribution in [0.1, 0.15) is 31.4 Å². The van der Waals surface area contributed by atoms with E-state index in [1.807, 2.05) is 0 Å². The number of rotatable bonds is 16. The van der Waals surface area contributed by atoms with Crippen LogP contribution in [-0.2, 0) is 35.2 Å². The highest BCUT2D eigenvalue weighted by molar-refractivity contribution is 7.80. The molecule has 0 saturated heterocycles. The van der Waals surface area contributed by atoms with E-state index in [-0.39, 0.29) is 31.4 Å². The zero-order valence-electron chi connectivity index (χ0n) is 18.5. The minimum Gasteiger partial charge on any atom is -0.481 e. The summed E-state index contributed by atoms with van der Waals surface area (Å²) in [6.45, 7) is 0. The number of nitrogens with zero attached hydrogens (tertiary/aromatic N) is 1. The van der Waals surface area contributed by atoms with Gasteiger partial charge in [0.1, 0.15) is 18.1 Å². The average molecular weight is 517 g/mol. The Morgan fingerprint density at radius 2 is 1.43 bits per heavy atom. The number of nitrogens with two attached hydrogens (primary N) is 1. The SMILES string of the molecule is NC(CCC(=O)O)C(=O)NC(CS)C(=O)NC(Cc1cnc[nH]1)C(=O)NC(CCC(=O)O)C(=O)O. The van der Waals surface area contributed by atoms with Crippen LogP contribution in [0.5, 0.6) is 0 Å². The summed E-state index contributed by atoms with van der Waals surface area (Å²) >= 11 is 4.01. The highest BCUT2D eigenvalue weighted by atomic mass is 32.1. The van der Waals surface area contributed by atoms with Crippen LogP contribution in [0.4, 0.5) is 0 Å². The summed E-state index contributed by atoms with van der Waals surface area (Å²) in [7, 11) is 0. The summed E-state index contributed by atoms with van der Waals surface area (Å²) < 4.78 is 0. The number of aromatic amines is 1. The van der Waals surface area contributed by atoms with Gasteiger partial charge in [0.15, 0.2) is 0 Å². The van der Waals surface area contributed by atoms with Crippen molar-refractivity contribution in [2.24, 2.45) is 5.73 Å². The topological polar surface area (TPSA) is 254 Å². The number of carboxylic acid groups (broad SMARTS) is 3. The molecule has 16 heteroatoms. The monoisotopic (exact) mass is 516 g/mol. The smallest absolute Gasteiger partial charge is 0.326 e. The van der Waals surface area contributed by atoms with Crippen LogP contribution in [0.2, 0.25) is 0 Å². The maximum absolute atomic E-state index is 12.8. The predicted octanol–water partition coefficient (Wildman–Crippen LogP) is -2.52. The van der Waals surface area contributed by atoms with Crippen LogP contribution >= 0.6 is 12.6 Å². The quantitative estimate of drug-likeness (QED) is 0.104. The molecule has 1 aromatic heterocycles. The molecule has 35 heavy (non-hydrogen) atoms. The first-order valence-corrected chi connectivity index (χ1v) is 11.0. The maximum Gasteiger partial charge on any atom is 0.326 e. The molecule has 0 saturated carbocycles. The van der Waals surface area contributed by atoms with Crippen molar-refractivity contribution in [1.82, 2.24) is 25.9 Å². The number of aliphatic carboxylic acids is 3. The molecule has 3 amide bonds. The molecule has 9 N–H and O–H groups in total. The third kappa shape index (κ3) is 10.9. The lowest BCUT2D eigenvalue weighted by atomic mass is 10.1. The van der Waals surface area contributed by atoms with Gasteiger partial charge in [0.05, 0.1) is 12.4 Å². The van der Waals surface area contributed by atoms with Gasteiger partial charge in [-0.3, -0.25) is 24.0 Å². The van der Waals surface area contributed by atoms with Crippen molar-refractivity contribution < 1.29 is 44.1 Å².